The summed E-state index contributed by atoms with van der Waals surface area (Å²) >= 11 is 0. The van der Waals surface area contributed by atoms with Gasteiger partial charge in [0.05, 0.1) is 5.92 Å². The fourth-order valence-corrected chi connectivity index (χ4v) is 1.54. The van der Waals surface area contributed by atoms with E-state index in [0.29, 0.717) is 5.76 Å². The lowest BCUT2D eigenvalue weighted by Gasteiger charge is -2.26. The molecule has 1 unspecified atom stereocenters. The van der Waals surface area contributed by atoms with Crippen LogP contribution < -0.4 is 5.48 Å². The van der Waals surface area contributed by atoms with Gasteiger partial charge in [0.15, 0.2) is 0 Å². The third-order valence-corrected chi connectivity index (χ3v) is 2.19. The van der Waals surface area contributed by atoms with Crippen molar-refractivity contribution in [1.29, 1.82) is 0 Å². The molecular weight excluding hydrogens is 158 g/mol. The van der Waals surface area contributed by atoms with Crippen molar-refractivity contribution in [2.45, 2.75) is 19.3 Å². The number of fused-ring (bicyclic) bond motifs is 1. The number of ketones is 1. The van der Waals surface area contributed by atoms with Gasteiger partial charge in [0.2, 0.25) is 5.78 Å². The van der Waals surface area contributed by atoms with E-state index in [1.165, 1.54) is 0 Å². The summed E-state index contributed by atoms with van der Waals surface area (Å²) in [6, 6.07) is 0. The van der Waals surface area contributed by atoms with Gasteiger partial charge in [-0.15, -0.1) is 0 Å². The molecule has 12 heavy (non-hydrogen) atoms. The highest BCUT2D eigenvalue weighted by atomic mass is 16.7. The molecular formula is C8H9NO3. The van der Waals surface area contributed by atoms with Gasteiger partial charge in [0.25, 0.3) is 0 Å². The number of hydrogen-bond donors (Lipinski definition) is 1. The van der Waals surface area contributed by atoms with E-state index < -0.39 is 5.91 Å². The minimum absolute atomic E-state index is 0.313. The smallest absolute Gasteiger partial charge is 0.320 e. The van der Waals surface area contributed by atoms with Crippen molar-refractivity contribution in [2.75, 3.05) is 0 Å². The molecule has 0 aromatic heterocycles. The number of carbonyl (C=O) groups is 2. The Morgan fingerprint density at radius 2 is 2.33 bits per heavy atom. The van der Waals surface area contributed by atoms with E-state index in [1.54, 1.807) is 0 Å². The van der Waals surface area contributed by atoms with E-state index >= 15 is 0 Å². The molecule has 4 heteroatoms. The van der Waals surface area contributed by atoms with E-state index in [0.717, 1.165) is 19.3 Å². The van der Waals surface area contributed by atoms with Crippen molar-refractivity contribution in [3.05, 3.63) is 11.8 Å². The van der Waals surface area contributed by atoms with E-state index in [1.807, 2.05) is 6.08 Å². The summed E-state index contributed by atoms with van der Waals surface area (Å²) in [7, 11) is 0. The molecule has 64 valence electrons. The van der Waals surface area contributed by atoms with Gasteiger partial charge in [0.1, 0.15) is 5.76 Å². The summed E-state index contributed by atoms with van der Waals surface area (Å²) in [5, 5.41) is 0. The highest BCUT2D eigenvalue weighted by molar-refractivity contribution is 6.37. The molecule has 1 heterocycles. The highest BCUT2D eigenvalue weighted by Gasteiger charge is 2.36. The lowest BCUT2D eigenvalue weighted by atomic mass is 9.89. The average molecular weight is 167 g/mol. The number of allylic oxidation sites excluding steroid dienone is 2. The van der Waals surface area contributed by atoms with Crippen LogP contribution in [0, 0.1) is 5.92 Å². The molecule has 2 aliphatic rings. The summed E-state index contributed by atoms with van der Waals surface area (Å²) in [6.45, 7) is 0. The van der Waals surface area contributed by atoms with Gasteiger partial charge in [-0.1, -0.05) is 0 Å². The molecule has 1 aliphatic heterocycles. The molecule has 1 N–H and O–H groups in total. The zero-order valence-electron chi connectivity index (χ0n) is 6.50. The fourth-order valence-electron chi connectivity index (χ4n) is 1.54. The Balaban J connectivity index is 2.26. The molecule has 0 saturated carbocycles. The Labute approximate surface area is 69.5 Å². The summed E-state index contributed by atoms with van der Waals surface area (Å²) in [4.78, 5) is 27.0. The van der Waals surface area contributed by atoms with Crippen LogP contribution in [0.25, 0.3) is 0 Å². The number of rotatable bonds is 0. The van der Waals surface area contributed by atoms with Crippen molar-refractivity contribution in [2.24, 2.45) is 5.92 Å². The van der Waals surface area contributed by atoms with Crippen LogP contribution in [0.15, 0.2) is 11.8 Å². The van der Waals surface area contributed by atoms with Crippen LogP contribution in [0.2, 0.25) is 0 Å². The Bertz CT molecular complexity index is 269. The second kappa shape index (κ2) is 2.62. The van der Waals surface area contributed by atoms with Crippen LogP contribution in [0.5, 0.6) is 0 Å². The first-order valence-corrected chi connectivity index (χ1v) is 4.00. The van der Waals surface area contributed by atoms with Crippen LogP contribution in [0.4, 0.5) is 0 Å². The fraction of sp³-hybridized carbons (Fsp3) is 0.500. The van der Waals surface area contributed by atoms with Crippen LogP contribution >= 0.6 is 0 Å². The topological polar surface area (TPSA) is 55.4 Å². The van der Waals surface area contributed by atoms with E-state index in [-0.39, 0.29) is 11.7 Å². The molecule has 4 nitrogen and oxygen atoms in total. The second-order valence-corrected chi connectivity index (χ2v) is 2.99. The van der Waals surface area contributed by atoms with Gasteiger partial charge in [0, 0.05) is 0 Å². The molecule has 1 saturated heterocycles. The summed E-state index contributed by atoms with van der Waals surface area (Å²) in [5.74, 6) is -0.690. The van der Waals surface area contributed by atoms with E-state index in [9.17, 15) is 9.59 Å². The second-order valence-electron chi connectivity index (χ2n) is 2.99. The normalized spacial score (nSPS) is 28.3. The standard InChI is InChI=1S/C8H9NO3/c10-7-5-3-1-2-4-6(5)12-9-8(7)11/h4-5H,1-3H2,(H,9,11). The zero-order chi connectivity index (χ0) is 8.55. The van der Waals surface area contributed by atoms with Gasteiger partial charge in [-0.3, -0.25) is 9.59 Å². The third kappa shape index (κ3) is 0.995. The predicted molar refractivity (Wildman–Crippen MR) is 39.7 cm³/mol. The van der Waals surface area contributed by atoms with Crippen LogP contribution in [-0.4, -0.2) is 11.7 Å². The van der Waals surface area contributed by atoms with Crippen molar-refractivity contribution in [3.8, 4) is 0 Å². The molecule has 2 rings (SSSR count). The lowest BCUT2D eigenvalue weighted by Crippen LogP contribution is -2.43. The van der Waals surface area contributed by atoms with Gasteiger partial charge in [-0.05, 0) is 25.3 Å². The summed E-state index contributed by atoms with van der Waals surface area (Å²) in [5.41, 5.74) is 2.07. The molecule has 1 atom stereocenters. The average Bonchev–Trinajstić information content (AvgIpc) is 2.12. The maximum atomic E-state index is 11.2. The monoisotopic (exact) mass is 167 g/mol. The Morgan fingerprint density at radius 3 is 3.17 bits per heavy atom. The van der Waals surface area contributed by atoms with Gasteiger partial charge >= 0.3 is 5.91 Å². The molecule has 1 aliphatic carbocycles. The van der Waals surface area contributed by atoms with E-state index in [4.69, 9.17) is 4.84 Å². The zero-order valence-corrected chi connectivity index (χ0v) is 6.50. The minimum Gasteiger partial charge on any atom is -0.383 e. The number of hydroxylamine groups is 1. The third-order valence-electron chi connectivity index (χ3n) is 2.19. The van der Waals surface area contributed by atoms with Crippen LogP contribution in [-0.2, 0) is 14.4 Å². The highest BCUT2D eigenvalue weighted by Crippen LogP contribution is 2.27. The Kier molecular flexibility index (Phi) is 1.60. The van der Waals surface area contributed by atoms with Crippen molar-refractivity contribution >= 4 is 11.7 Å². The summed E-state index contributed by atoms with van der Waals surface area (Å²) < 4.78 is 0. The maximum Gasteiger partial charge on any atom is 0.320 e. The SMILES string of the molecule is O=C1NOC2=CCCCC2C1=O. The van der Waals surface area contributed by atoms with Gasteiger partial charge in [-0.25, -0.2) is 0 Å². The van der Waals surface area contributed by atoms with Crippen molar-refractivity contribution < 1.29 is 14.4 Å². The van der Waals surface area contributed by atoms with Gasteiger partial charge in [-0.2, -0.15) is 5.48 Å². The number of amides is 1. The molecule has 1 fully saturated rings. The molecule has 0 spiro atoms. The first-order valence-electron chi connectivity index (χ1n) is 4.00. The van der Waals surface area contributed by atoms with Crippen LogP contribution in [0.3, 0.4) is 0 Å². The number of carbonyl (C=O) groups excluding carboxylic acids is 2. The largest absolute Gasteiger partial charge is 0.383 e. The first kappa shape index (κ1) is 7.34. The Morgan fingerprint density at radius 1 is 1.50 bits per heavy atom. The lowest BCUT2D eigenvalue weighted by molar-refractivity contribution is -0.152. The molecule has 1 amide bonds. The molecule has 0 radical (unpaired) electrons. The Hall–Kier alpha value is -1.32. The number of nitrogens with one attached hydrogen (secondary N) is 1. The van der Waals surface area contributed by atoms with Crippen LogP contribution in [0.1, 0.15) is 19.3 Å². The first-order chi connectivity index (χ1) is 5.79. The summed E-state index contributed by atoms with van der Waals surface area (Å²) in [6.07, 6.45) is 4.48. The number of Topliss-reactive ketones (excluding diaryl/α,β-unsaturated/α-hetero) is 1. The predicted octanol–water partition coefficient (Wildman–Crippen LogP) is 0.301. The van der Waals surface area contributed by atoms with Gasteiger partial charge < -0.3 is 4.84 Å². The van der Waals surface area contributed by atoms with Crippen molar-refractivity contribution in [3.63, 3.8) is 0 Å². The maximum absolute atomic E-state index is 11.2. The molecule has 0 bridgehead atoms. The number of hydrogen-bond acceptors (Lipinski definition) is 3. The molecule has 0 aromatic carbocycles. The minimum atomic E-state index is -0.626. The van der Waals surface area contributed by atoms with Crippen molar-refractivity contribution in [1.82, 2.24) is 5.48 Å². The quantitative estimate of drug-likeness (QED) is 0.528. The van der Waals surface area contributed by atoms with E-state index in [2.05, 4.69) is 5.48 Å². The molecule has 0 aromatic rings.